The fraction of sp³-hybridized carbons (Fsp3) is 0.345. The first-order chi connectivity index (χ1) is 20.4. The van der Waals surface area contributed by atoms with E-state index in [2.05, 4.69) is 39.8 Å². The van der Waals surface area contributed by atoms with Crippen LogP contribution in [0.5, 0.6) is 0 Å². The van der Waals surface area contributed by atoms with Crippen molar-refractivity contribution in [2.45, 2.75) is 24.6 Å². The summed E-state index contributed by atoms with van der Waals surface area (Å²) in [7, 11) is 0. The lowest BCUT2D eigenvalue weighted by Gasteiger charge is -2.35. The third-order valence-electron chi connectivity index (χ3n) is 8.22. The summed E-state index contributed by atoms with van der Waals surface area (Å²) in [5, 5.41) is 15.5. The third kappa shape index (κ3) is 4.74. The van der Waals surface area contributed by atoms with Crippen molar-refractivity contribution in [3.8, 4) is 11.3 Å². The summed E-state index contributed by atoms with van der Waals surface area (Å²) in [6.07, 6.45) is 8.19. The molecule has 0 radical (unpaired) electrons. The number of aliphatic hydroxyl groups excluding tert-OH is 1. The first-order valence-corrected chi connectivity index (χ1v) is 13.9. The lowest BCUT2D eigenvalue weighted by atomic mass is 9.87. The Hall–Kier alpha value is -4.46. The number of anilines is 2. The summed E-state index contributed by atoms with van der Waals surface area (Å²) in [6.45, 7) is 5.54. The molecule has 0 aliphatic carbocycles. The number of rotatable bonds is 6. The molecule has 216 valence electrons. The fourth-order valence-electron chi connectivity index (χ4n) is 5.61. The molecule has 42 heavy (non-hydrogen) atoms. The predicted molar refractivity (Wildman–Crippen MR) is 154 cm³/mol. The number of nitrogens with zero attached hydrogens (tertiary/aromatic N) is 8. The van der Waals surface area contributed by atoms with Crippen molar-refractivity contribution in [3.05, 3.63) is 78.4 Å². The van der Waals surface area contributed by atoms with Crippen molar-refractivity contribution in [1.82, 2.24) is 34.7 Å². The quantitative estimate of drug-likeness (QED) is 0.278. The lowest BCUT2D eigenvalue weighted by Crippen LogP contribution is -2.47. The summed E-state index contributed by atoms with van der Waals surface area (Å²) in [4.78, 5) is 26.1. The summed E-state index contributed by atoms with van der Waals surface area (Å²) < 4.78 is 20.5. The average Bonchev–Trinajstić information content (AvgIpc) is 3.77. The molecule has 2 saturated heterocycles. The minimum atomic E-state index is -0.844. The zero-order valence-electron chi connectivity index (χ0n) is 23.1. The first-order valence-electron chi connectivity index (χ1n) is 13.9. The van der Waals surface area contributed by atoms with Gasteiger partial charge in [0, 0.05) is 55.9 Å². The molecule has 6 heterocycles. The van der Waals surface area contributed by atoms with Gasteiger partial charge in [-0.1, -0.05) is 12.1 Å². The predicted octanol–water partition coefficient (Wildman–Crippen LogP) is 2.23. The van der Waals surface area contributed by atoms with Gasteiger partial charge in [0.25, 0.3) is 0 Å². The number of fused-ring (bicyclic) bond motifs is 1. The van der Waals surface area contributed by atoms with Crippen LogP contribution in [0.4, 0.5) is 16.2 Å². The van der Waals surface area contributed by atoms with Gasteiger partial charge in [-0.05, 0) is 30.7 Å². The monoisotopic (exact) mass is 570 g/mol. The number of hydrogen-bond donors (Lipinski definition) is 3. The molecule has 3 atom stereocenters. The van der Waals surface area contributed by atoms with Gasteiger partial charge in [0.15, 0.2) is 0 Å². The summed E-state index contributed by atoms with van der Waals surface area (Å²) in [6, 6.07) is 8.04. The lowest BCUT2D eigenvalue weighted by molar-refractivity contribution is 0.118. The van der Waals surface area contributed by atoms with E-state index in [9.17, 15) is 9.50 Å². The van der Waals surface area contributed by atoms with Crippen molar-refractivity contribution >= 4 is 22.8 Å². The number of aromatic nitrogens is 7. The molecule has 1 aromatic carbocycles. The Labute approximate surface area is 241 Å². The van der Waals surface area contributed by atoms with E-state index in [-0.39, 0.29) is 11.9 Å². The maximum Gasteiger partial charge on any atom is 0.225 e. The topological polar surface area (TPSA) is 147 Å². The zero-order chi connectivity index (χ0) is 28.8. The number of halogens is 1. The van der Waals surface area contributed by atoms with Crippen LogP contribution in [0, 0.1) is 5.82 Å². The molecule has 13 heteroatoms. The van der Waals surface area contributed by atoms with Crippen LogP contribution < -0.4 is 15.5 Å². The Kier molecular flexibility index (Phi) is 6.56. The van der Waals surface area contributed by atoms with Gasteiger partial charge in [-0.2, -0.15) is 5.10 Å². The number of ether oxygens (including phenoxy) is 1. The van der Waals surface area contributed by atoms with Gasteiger partial charge in [-0.3, -0.25) is 4.68 Å². The van der Waals surface area contributed by atoms with Crippen LogP contribution >= 0.6 is 0 Å². The molecule has 4 N–H and O–H groups in total. The smallest absolute Gasteiger partial charge is 0.225 e. The standard InChI is InChI=1S/C29H31FN10O2/c1-29(31,19-2-4-21(30)5-3-19)20-12-32-28(33-13-20)39-8-6-38(7-9-39)27-22-10-23(37-26(22)34-17-35-27)18-11-36-40(14-18)24-15-42-16-25(24)41/h2-5,10-14,17,24-25,41H,6-9,15-16,31H2,1H3,(H,34,35,37)/t24-,25+,29?/m1/s1. The van der Waals surface area contributed by atoms with Crippen molar-refractivity contribution in [3.63, 3.8) is 0 Å². The van der Waals surface area contributed by atoms with Crippen LogP contribution in [0.25, 0.3) is 22.3 Å². The minimum absolute atomic E-state index is 0.190. The second-order valence-electron chi connectivity index (χ2n) is 11.0. The Balaban J connectivity index is 1.05. The largest absolute Gasteiger partial charge is 0.388 e. The fourth-order valence-corrected chi connectivity index (χ4v) is 5.61. The molecule has 2 aliphatic rings. The van der Waals surface area contributed by atoms with Gasteiger partial charge in [0.05, 0.1) is 36.0 Å². The molecule has 2 fully saturated rings. The van der Waals surface area contributed by atoms with E-state index in [0.29, 0.717) is 19.2 Å². The van der Waals surface area contributed by atoms with Crippen LogP contribution in [0.3, 0.4) is 0 Å². The van der Waals surface area contributed by atoms with Crippen LogP contribution in [0.1, 0.15) is 24.1 Å². The van der Waals surface area contributed by atoms with Crippen molar-refractivity contribution in [2.24, 2.45) is 5.73 Å². The highest BCUT2D eigenvalue weighted by molar-refractivity contribution is 5.91. The maximum atomic E-state index is 13.4. The molecule has 7 rings (SSSR count). The number of nitrogens with two attached hydrogens (primary N) is 1. The molecular weight excluding hydrogens is 539 g/mol. The Bertz CT molecular complexity index is 1690. The van der Waals surface area contributed by atoms with Gasteiger partial charge < -0.3 is 30.4 Å². The van der Waals surface area contributed by atoms with Crippen molar-refractivity contribution in [2.75, 3.05) is 49.2 Å². The van der Waals surface area contributed by atoms with E-state index >= 15 is 0 Å². The van der Waals surface area contributed by atoms with Gasteiger partial charge >= 0.3 is 0 Å². The molecule has 0 bridgehead atoms. The number of piperazine rings is 1. The first kappa shape index (κ1) is 26.4. The maximum absolute atomic E-state index is 13.4. The van der Waals surface area contributed by atoms with Gasteiger partial charge in [0.2, 0.25) is 5.95 Å². The van der Waals surface area contributed by atoms with Crippen molar-refractivity contribution < 1.29 is 14.2 Å². The molecule has 12 nitrogen and oxygen atoms in total. The number of benzene rings is 1. The molecule has 0 spiro atoms. The van der Waals surface area contributed by atoms with Crippen LogP contribution in [0.2, 0.25) is 0 Å². The van der Waals surface area contributed by atoms with Crippen LogP contribution in [0.15, 0.2) is 61.4 Å². The van der Waals surface area contributed by atoms with E-state index in [4.69, 9.17) is 10.5 Å². The van der Waals surface area contributed by atoms with Gasteiger partial charge in [0.1, 0.15) is 35.8 Å². The van der Waals surface area contributed by atoms with Gasteiger partial charge in [-0.15, -0.1) is 0 Å². The van der Waals surface area contributed by atoms with Crippen molar-refractivity contribution in [1.29, 1.82) is 0 Å². The van der Waals surface area contributed by atoms with E-state index in [1.54, 1.807) is 41.7 Å². The number of aliphatic hydroxyl groups is 1. The summed E-state index contributed by atoms with van der Waals surface area (Å²) in [5.41, 5.74) is 9.81. The van der Waals surface area contributed by atoms with Crippen LogP contribution in [-0.2, 0) is 10.3 Å². The second-order valence-corrected chi connectivity index (χ2v) is 11.0. The second kappa shape index (κ2) is 10.4. The normalized spacial score (nSPS) is 20.8. The molecular formula is C29H31FN10O2. The highest BCUT2D eigenvalue weighted by atomic mass is 19.1. The molecule has 0 saturated carbocycles. The van der Waals surface area contributed by atoms with E-state index < -0.39 is 11.6 Å². The average molecular weight is 571 g/mol. The molecule has 1 unspecified atom stereocenters. The highest BCUT2D eigenvalue weighted by Crippen LogP contribution is 2.31. The summed E-state index contributed by atoms with van der Waals surface area (Å²) in [5.74, 6) is 1.20. The molecule has 0 amide bonds. The highest BCUT2D eigenvalue weighted by Gasteiger charge is 2.29. The molecule has 5 aromatic rings. The number of hydrogen-bond acceptors (Lipinski definition) is 10. The minimum Gasteiger partial charge on any atom is -0.388 e. The van der Waals surface area contributed by atoms with E-state index in [1.165, 1.54) is 12.1 Å². The SMILES string of the molecule is CC(N)(c1ccc(F)cc1)c1cnc(N2CCN(c3ncnc4[nH]c(-c5cnn([C@@H]6COC[C@@H]6O)c5)cc34)CC2)nc1. The van der Waals surface area contributed by atoms with Crippen LogP contribution in [-0.4, -0.2) is 85.3 Å². The summed E-state index contributed by atoms with van der Waals surface area (Å²) >= 11 is 0. The van der Waals surface area contributed by atoms with E-state index in [0.717, 1.165) is 65.4 Å². The zero-order valence-corrected chi connectivity index (χ0v) is 23.1. The van der Waals surface area contributed by atoms with E-state index in [1.807, 2.05) is 19.2 Å². The number of aromatic amines is 1. The Morgan fingerprint density at radius 1 is 0.976 bits per heavy atom. The van der Waals surface area contributed by atoms with Gasteiger partial charge in [-0.25, -0.2) is 24.3 Å². The Morgan fingerprint density at radius 2 is 1.71 bits per heavy atom. The molecule has 2 aliphatic heterocycles. The molecule has 4 aromatic heterocycles. The number of H-pyrrole nitrogens is 1. The number of nitrogens with one attached hydrogen (secondary N) is 1. The third-order valence-corrected chi connectivity index (χ3v) is 8.22. The Morgan fingerprint density at radius 3 is 2.43 bits per heavy atom.